The van der Waals surface area contributed by atoms with Crippen LogP contribution in [0, 0.1) is 11.8 Å². The van der Waals surface area contributed by atoms with E-state index in [2.05, 4.69) is 25.7 Å². The maximum Gasteiger partial charge on any atom is 0.508 e. The number of likely N-dealkylation sites (tertiary alicyclic amines) is 1. The third-order valence-corrected chi connectivity index (χ3v) is 7.69. The van der Waals surface area contributed by atoms with E-state index in [0.717, 1.165) is 58.2 Å². The number of ether oxygens (including phenoxy) is 5. The summed E-state index contributed by atoms with van der Waals surface area (Å²) in [5, 5.41) is 0. The van der Waals surface area contributed by atoms with Crippen LogP contribution in [0.1, 0.15) is 130 Å². The van der Waals surface area contributed by atoms with Gasteiger partial charge in [-0.2, -0.15) is 0 Å². The minimum atomic E-state index is -0.648. The molecule has 0 saturated carbocycles. The smallest absolute Gasteiger partial charge is 0.465 e. The third kappa shape index (κ3) is 21.9. The number of unbranched alkanes of at least 4 members (excludes halogenated alkanes) is 10. The predicted octanol–water partition coefficient (Wildman–Crippen LogP) is 7.91. The Morgan fingerprint density at radius 1 is 0.780 bits per heavy atom. The van der Waals surface area contributed by atoms with E-state index in [1.54, 1.807) is 0 Å². The van der Waals surface area contributed by atoms with E-state index >= 15 is 0 Å². The first-order valence-electron chi connectivity index (χ1n) is 16.9. The van der Waals surface area contributed by atoms with Crippen molar-refractivity contribution >= 4 is 12.1 Å². The molecule has 8 nitrogen and oxygen atoms in total. The molecule has 0 aromatic heterocycles. The Hall–Kier alpha value is -1.38. The van der Waals surface area contributed by atoms with Gasteiger partial charge in [-0.15, -0.1) is 0 Å². The van der Waals surface area contributed by atoms with Gasteiger partial charge in [0.1, 0.15) is 6.61 Å². The van der Waals surface area contributed by atoms with Crippen molar-refractivity contribution in [2.45, 2.75) is 137 Å². The fourth-order valence-corrected chi connectivity index (χ4v) is 5.01. The van der Waals surface area contributed by atoms with Crippen LogP contribution in [0.5, 0.6) is 0 Å². The molecule has 0 aromatic rings. The Bertz CT molecular complexity index is 615. The van der Waals surface area contributed by atoms with E-state index < -0.39 is 6.16 Å². The quantitative estimate of drug-likeness (QED) is 0.0575. The molecule has 1 rings (SSSR count). The molecule has 0 N–H and O–H groups in total. The number of rotatable bonds is 26. The second kappa shape index (κ2) is 26.3. The zero-order valence-corrected chi connectivity index (χ0v) is 27.0. The lowest BCUT2D eigenvalue weighted by atomic mass is 9.99. The summed E-state index contributed by atoms with van der Waals surface area (Å²) in [6.45, 7) is 13.7. The highest BCUT2D eigenvalue weighted by Crippen LogP contribution is 2.17. The molecule has 1 saturated heterocycles. The average Bonchev–Trinajstić information content (AvgIpc) is 2.99. The van der Waals surface area contributed by atoms with Crippen molar-refractivity contribution in [3.8, 4) is 0 Å². The summed E-state index contributed by atoms with van der Waals surface area (Å²) in [6.07, 6.45) is 16.4. The highest BCUT2D eigenvalue weighted by molar-refractivity contribution is 5.69. The molecular formula is C33H63NO7. The molecule has 0 aliphatic carbocycles. The van der Waals surface area contributed by atoms with Gasteiger partial charge in [-0.05, 0) is 38.8 Å². The maximum atomic E-state index is 12.4. The molecule has 41 heavy (non-hydrogen) atoms. The van der Waals surface area contributed by atoms with Crippen LogP contribution in [-0.4, -0.2) is 76.0 Å². The van der Waals surface area contributed by atoms with Gasteiger partial charge in [0.2, 0.25) is 0 Å². The molecule has 1 fully saturated rings. The summed E-state index contributed by atoms with van der Waals surface area (Å²) >= 11 is 0. The standard InChI is InChI=1S/C33H63NO7/c1-5-8-10-12-14-16-23-37-32(38-24-17-15-13-11-9-6-2)21-20-31(35)39-26-29(4)27-40-33(36)41-28-30-19-18-22-34(7-3)25-30/h29-30,32H,5-28H2,1-4H3. The van der Waals surface area contributed by atoms with Crippen LogP contribution in [0.3, 0.4) is 0 Å². The fraction of sp³-hybridized carbons (Fsp3) is 0.939. The average molecular weight is 586 g/mol. The van der Waals surface area contributed by atoms with Gasteiger partial charge in [0.25, 0.3) is 0 Å². The van der Waals surface area contributed by atoms with Crippen LogP contribution in [0.15, 0.2) is 0 Å². The molecule has 0 amide bonds. The van der Waals surface area contributed by atoms with Gasteiger partial charge in [-0.25, -0.2) is 4.79 Å². The Morgan fingerprint density at radius 3 is 1.98 bits per heavy atom. The summed E-state index contributed by atoms with van der Waals surface area (Å²) in [4.78, 5) is 26.8. The largest absolute Gasteiger partial charge is 0.508 e. The van der Waals surface area contributed by atoms with Crippen molar-refractivity contribution in [2.24, 2.45) is 11.8 Å². The molecule has 8 heteroatoms. The van der Waals surface area contributed by atoms with Gasteiger partial charge >= 0.3 is 12.1 Å². The first kappa shape index (κ1) is 37.6. The second-order valence-electron chi connectivity index (χ2n) is 11.8. The van der Waals surface area contributed by atoms with Gasteiger partial charge in [-0.1, -0.05) is 91.9 Å². The van der Waals surface area contributed by atoms with Crippen molar-refractivity contribution in [3.05, 3.63) is 0 Å². The Balaban J connectivity index is 2.23. The number of carbonyl (C=O) groups is 2. The lowest BCUT2D eigenvalue weighted by Gasteiger charge is -2.31. The van der Waals surface area contributed by atoms with Crippen LogP contribution in [-0.2, 0) is 28.5 Å². The van der Waals surface area contributed by atoms with Crippen LogP contribution < -0.4 is 0 Å². The third-order valence-electron chi connectivity index (χ3n) is 7.69. The van der Waals surface area contributed by atoms with Gasteiger partial charge in [0.05, 0.1) is 19.6 Å². The lowest BCUT2D eigenvalue weighted by Crippen LogP contribution is -2.37. The van der Waals surface area contributed by atoms with Gasteiger partial charge in [0, 0.05) is 38.0 Å². The number of esters is 1. The summed E-state index contributed by atoms with van der Waals surface area (Å²) in [5.74, 6) is -0.0305. The molecule has 1 aliphatic rings. The molecular weight excluding hydrogens is 522 g/mol. The summed E-state index contributed by atoms with van der Waals surface area (Å²) in [5.41, 5.74) is 0. The van der Waals surface area contributed by atoms with Crippen LogP contribution >= 0.6 is 0 Å². The number of piperidine rings is 1. The zero-order valence-electron chi connectivity index (χ0n) is 27.0. The SMILES string of the molecule is CCCCCCCCOC(CCC(=O)OCC(C)COC(=O)OCC1CCCN(CC)C1)OCCCCCCCC. The van der Waals surface area contributed by atoms with Crippen LogP contribution in [0.25, 0.3) is 0 Å². The Labute approximate surface area is 251 Å². The number of carbonyl (C=O) groups excluding carboxylic acids is 2. The highest BCUT2D eigenvalue weighted by atomic mass is 16.7. The second-order valence-corrected chi connectivity index (χ2v) is 11.8. The number of hydrogen-bond acceptors (Lipinski definition) is 8. The number of nitrogens with zero attached hydrogens (tertiary/aromatic N) is 1. The minimum absolute atomic E-state index is 0.111. The first-order chi connectivity index (χ1) is 20.0. The van der Waals surface area contributed by atoms with E-state index in [1.165, 1.54) is 51.4 Å². The molecule has 242 valence electrons. The molecule has 0 aromatic carbocycles. The van der Waals surface area contributed by atoms with Gasteiger partial charge in [0.15, 0.2) is 6.29 Å². The Morgan fingerprint density at radius 2 is 1.37 bits per heavy atom. The topological polar surface area (TPSA) is 83.5 Å². The molecule has 2 unspecified atom stereocenters. The molecule has 2 atom stereocenters. The van der Waals surface area contributed by atoms with Crippen molar-refractivity contribution in [1.82, 2.24) is 4.90 Å². The van der Waals surface area contributed by atoms with Gasteiger partial charge in [-0.3, -0.25) is 4.79 Å². The van der Waals surface area contributed by atoms with Crippen molar-refractivity contribution < 1.29 is 33.3 Å². The first-order valence-corrected chi connectivity index (χ1v) is 16.9. The van der Waals surface area contributed by atoms with Crippen molar-refractivity contribution in [2.75, 3.05) is 52.7 Å². The maximum absolute atomic E-state index is 12.4. The monoisotopic (exact) mass is 585 g/mol. The Kier molecular flexibility index (Phi) is 24.1. The molecule has 1 heterocycles. The van der Waals surface area contributed by atoms with Gasteiger partial charge < -0.3 is 28.6 Å². The summed E-state index contributed by atoms with van der Waals surface area (Å²) in [7, 11) is 0. The minimum Gasteiger partial charge on any atom is -0.465 e. The van der Waals surface area contributed by atoms with E-state index in [4.69, 9.17) is 23.7 Å². The zero-order chi connectivity index (χ0) is 30.0. The van der Waals surface area contributed by atoms with E-state index in [-0.39, 0.29) is 37.8 Å². The predicted molar refractivity (Wildman–Crippen MR) is 164 cm³/mol. The fourth-order valence-electron chi connectivity index (χ4n) is 5.01. The van der Waals surface area contributed by atoms with Crippen molar-refractivity contribution in [1.29, 1.82) is 0 Å². The van der Waals surface area contributed by atoms with E-state index in [0.29, 0.717) is 32.2 Å². The van der Waals surface area contributed by atoms with Crippen LogP contribution in [0.2, 0.25) is 0 Å². The lowest BCUT2D eigenvalue weighted by molar-refractivity contribution is -0.160. The summed E-state index contributed by atoms with van der Waals surface area (Å²) < 4.78 is 28.0. The van der Waals surface area contributed by atoms with E-state index in [9.17, 15) is 9.59 Å². The molecule has 0 radical (unpaired) electrons. The molecule has 0 spiro atoms. The highest BCUT2D eigenvalue weighted by Gasteiger charge is 2.21. The normalized spacial score (nSPS) is 16.6. The van der Waals surface area contributed by atoms with Crippen molar-refractivity contribution in [3.63, 3.8) is 0 Å². The number of hydrogen-bond donors (Lipinski definition) is 0. The van der Waals surface area contributed by atoms with E-state index in [1.807, 2.05) is 6.92 Å². The molecule has 1 aliphatic heterocycles. The van der Waals surface area contributed by atoms with Crippen LogP contribution in [0.4, 0.5) is 4.79 Å². The molecule has 0 bridgehead atoms. The summed E-state index contributed by atoms with van der Waals surface area (Å²) in [6, 6.07) is 0.